The van der Waals surface area contributed by atoms with Crippen molar-refractivity contribution in [1.29, 1.82) is 0 Å². The number of fused-ring (bicyclic) bond motifs is 4. The largest absolute Gasteiger partial charge is 0.353 e. The maximum absolute atomic E-state index is 11.9. The van der Waals surface area contributed by atoms with E-state index in [1.165, 1.54) is 48.8 Å². The summed E-state index contributed by atoms with van der Waals surface area (Å²) in [4.78, 5) is 11.9. The Hall–Kier alpha value is -1.19. The van der Waals surface area contributed by atoms with Crippen LogP contribution in [0.4, 0.5) is 0 Å². The first-order valence-electron chi connectivity index (χ1n) is 11.5. The molecule has 0 spiro atoms. The summed E-state index contributed by atoms with van der Waals surface area (Å²) >= 11 is 0. The van der Waals surface area contributed by atoms with Crippen molar-refractivity contribution < 1.29 is 14.3 Å². The van der Waals surface area contributed by atoms with Gasteiger partial charge in [0.15, 0.2) is 12.1 Å². The fourth-order valence-electron chi connectivity index (χ4n) is 6.78. The van der Waals surface area contributed by atoms with Crippen LogP contribution in [0.2, 0.25) is 0 Å². The van der Waals surface area contributed by atoms with Gasteiger partial charge in [0.05, 0.1) is 6.10 Å². The average molecular weight is 383 g/mol. The van der Waals surface area contributed by atoms with Crippen molar-refractivity contribution in [2.45, 2.75) is 84.0 Å². The maximum atomic E-state index is 11.9. The monoisotopic (exact) mass is 382 g/mol. The zero-order valence-electron chi connectivity index (χ0n) is 17.4. The van der Waals surface area contributed by atoms with Gasteiger partial charge in [-0.05, 0) is 85.5 Å². The molecular formula is C25H34O3. The van der Waals surface area contributed by atoms with E-state index >= 15 is 0 Å². The minimum absolute atomic E-state index is 0.0122. The van der Waals surface area contributed by atoms with E-state index in [1.807, 2.05) is 6.08 Å². The highest BCUT2D eigenvalue weighted by molar-refractivity contribution is 5.93. The number of rotatable bonds is 3. The van der Waals surface area contributed by atoms with Crippen LogP contribution < -0.4 is 0 Å². The summed E-state index contributed by atoms with van der Waals surface area (Å²) in [7, 11) is 0. The van der Waals surface area contributed by atoms with Crippen LogP contribution >= 0.6 is 0 Å². The lowest BCUT2D eigenvalue weighted by Crippen LogP contribution is -2.43. The summed E-state index contributed by atoms with van der Waals surface area (Å²) in [5.74, 6) is 2.21. The zero-order chi connectivity index (χ0) is 19.3. The Kier molecular flexibility index (Phi) is 4.87. The van der Waals surface area contributed by atoms with Crippen molar-refractivity contribution >= 4 is 5.78 Å². The van der Waals surface area contributed by atoms with Crippen molar-refractivity contribution in [2.75, 3.05) is 6.61 Å². The van der Waals surface area contributed by atoms with Crippen molar-refractivity contribution in [3.05, 3.63) is 34.9 Å². The van der Waals surface area contributed by atoms with Crippen LogP contribution in [0.15, 0.2) is 34.9 Å². The number of hydrogen-bond donors (Lipinski definition) is 0. The molecule has 5 rings (SSSR count). The third-order valence-corrected chi connectivity index (χ3v) is 8.28. The number of ether oxygens (including phenoxy) is 2. The van der Waals surface area contributed by atoms with Crippen molar-refractivity contribution in [3.8, 4) is 0 Å². The lowest BCUT2D eigenvalue weighted by atomic mass is 9.60. The molecule has 0 aromatic rings. The highest BCUT2D eigenvalue weighted by Crippen LogP contribution is 2.60. The Balaban J connectivity index is 1.47. The molecule has 1 heterocycles. The van der Waals surface area contributed by atoms with Crippen LogP contribution in [0.25, 0.3) is 0 Å². The summed E-state index contributed by atoms with van der Waals surface area (Å²) < 4.78 is 12.6. The number of ketones is 1. The maximum Gasteiger partial charge on any atom is 0.158 e. The van der Waals surface area contributed by atoms with Gasteiger partial charge in [-0.2, -0.15) is 0 Å². The molecule has 0 aromatic heterocycles. The molecule has 1 saturated carbocycles. The second-order valence-electron chi connectivity index (χ2n) is 9.78. The van der Waals surface area contributed by atoms with E-state index in [2.05, 4.69) is 26.0 Å². The predicted molar refractivity (Wildman–Crippen MR) is 110 cm³/mol. The zero-order valence-corrected chi connectivity index (χ0v) is 17.4. The number of hydrogen-bond acceptors (Lipinski definition) is 3. The molecule has 1 unspecified atom stereocenters. The van der Waals surface area contributed by atoms with Crippen LogP contribution in [-0.2, 0) is 14.3 Å². The van der Waals surface area contributed by atoms with Gasteiger partial charge >= 0.3 is 0 Å². The van der Waals surface area contributed by atoms with Gasteiger partial charge in [0, 0.05) is 18.4 Å². The van der Waals surface area contributed by atoms with E-state index < -0.39 is 0 Å². The molecule has 0 aromatic carbocycles. The summed E-state index contributed by atoms with van der Waals surface area (Å²) in [5, 5.41) is 0. The smallest absolute Gasteiger partial charge is 0.158 e. The first-order chi connectivity index (χ1) is 13.6. The quantitative estimate of drug-likeness (QED) is 0.645. The molecular weight excluding hydrogens is 348 g/mol. The molecule has 3 nitrogen and oxygen atoms in total. The molecule has 1 aliphatic heterocycles. The Bertz CT molecular complexity index is 739. The van der Waals surface area contributed by atoms with Gasteiger partial charge in [-0.25, -0.2) is 0 Å². The molecule has 0 bridgehead atoms. The SMILES string of the molecule is CC[C@@H]1C[C@H]2[C@@H]3CCC4=CC(=O)CCC4=C3C=C[C@]2(C)[C@H]1OC1CCCCO1. The summed E-state index contributed by atoms with van der Waals surface area (Å²) in [6.45, 7) is 5.60. The number of carbonyl (C=O) groups is 1. The van der Waals surface area contributed by atoms with Crippen LogP contribution in [-0.4, -0.2) is 24.8 Å². The standard InChI is InChI=1S/C25H34O3/c1-3-16-15-22-21-9-7-17-14-18(26)8-10-19(17)20(21)11-12-25(22,2)24(16)28-23-6-4-5-13-27-23/h11-12,14,16,21-24H,3-10,13,15H2,1-2H3/t16-,21-,22+,23?,24+,25+/m1/s1. The molecule has 0 radical (unpaired) electrons. The van der Waals surface area contributed by atoms with E-state index in [9.17, 15) is 4.79 Å². The fraction of sp³-hybridized carbons (Fsp3) is 0.720. The highest BCUT2D eigenvalue weighted by Gasteiger charge is 2.56. The summed E-state index contributed by atoms with van der Waals surface area (Å²) in [6.07, 6.45) is 16.8. The molecule has 5 aliphatic rings. The Morgan fingerprint density at radius 2 is 2.11 bits per heavy atom. The third-order valence-electron chi connectivity index (χ3n) is 8.28. The molecule has 0 amide bonds. The third kappa shape index (κ3) is 2.97. The van der Waals surface area contributed by atoms with Crippen LogP contribution in [0.3, 0.4) is 0 Å². The normalized spacial score (nSPS) is 42.7. The van der Waals surface area contributed by atoms with Crippen molar-refractivity contribution in [1.82, 2.24) is 0 Å². The first-order valence-corrected chi connectivity index (χ1v) is 11.5. The second kappa shape index (κ2) is 7.25. The van der Waals surface area contributed by atoms with E-state index in [0.29, 0.717) is 30.0 Å². The van der Waals surface area contributed by atoms with Crippen LogP contribution in [0.1, 0.15) is 71.6 Å². The first kappa shape index (κ1) is 18.8. The molecule has 152 valence electrons. The summed E-state index contributed by atoms with van der Waals surface area (Å²) in [5.41, 5.74) is 4.45. The van der Waals surface area contributed by atoms with Gasteiger partial charge in [0.1, 0.15) is 0 Å². The van der Waals surface area contributed by atoms with Gasteiger partial charge in [0.2, 0.25) is 0 Å². The molecule has 2 fully saturated rings. The van der Waals surface area contributed by atoms with Gasteiger partial charge in [-0.1, -0.05) is 32.4 Å². The topological polar surface area (TPSA) is 35.5 Å². The van der Waals surface area contributed by atoms with E-state index in [-0.39, 0.29) is 17.8 Å². The van der Waals surface area contributed by atoms with E-state index in [4.69, 9.17) is 9.47 Å². The Labute approximate surface area is 169 Å². The predicted octanol–water partition coefficient (Wildman–Crippen LogP) is 5.52. The lowest BCUT2D eigenvalue weighted by molar-refractivity contribution is -0.211. The number of carbonyl (C=O) groups excluding carboxylic acids is 1. The fourth-order valence-corrected chi connectivity index (χ4v) is 6.78. The number of allylic oxidation sites excluding steroid dienone is 5. The minimum Gasteiger partial charge on any atom is -0.353 e. The van der Waals surface area contributed by atoms with Crippen molar-refractivity contribution in [3.63, 3.8) is 0 Å². The van der Waals surface area contributed by atoms with Gasteiger partial charge in [0.25, 0.3) is 0 Å². The van der Waals surface area contributed by atoms with Gasteiger partial charge in [-0.15, -0.1) is 0 Å². The molecule has 6 atom stereocenters. The Morgan fingerprint density at radius 1 is 1.21 bits per heavy atom. The summed E-state index contributed by atoms with van der Waals surface area (Å²) in [6, 6.07) is 0. The Morgan fingerprint density at radius 3 is 2.89 bits per heavy atom. The lowest BCUT2D eigenvalue weighted by Gasteiger charge is -2.46. The average Bonchev–Trinajstić information content (AvgIpc) is 3.00. The van der Waals surface area contributed by atoms with Crippen LogP contribution in [0, 0.1) is 23.2 Å². The second-order valence-corrected chi connectivity index (χ2v) is 9.78. The van der Waals surface area contributed by atoms with Gasteiger partial charge in [-0.3, -0.25) is 4.79 Å². The molecule has 4 aliphatic carbocycles. The molecule has 28 heavy (non-hydrogen) atoms. The van der Waals surface area contributed by atoms with Gasteiger partial charge < -0.3 is 9.47 Å². The van der Waals surface area contributed by atoms with E-state index in [0.717, 1.165) is 25.9 Å². The molecule has 3 heteroatoms. The molecule has 1 saturated heterocycles. The van der Waals surface area contributed by atoms with Crippen molar-refractivity contribution in [2.24, 2.45) is 23.2 Å². The van der Waals surface area contributed by atoms with E-state index in [1.54, 1.807) is 0 Å². The highest BCUT2D eigenvalue weighted by atomic mass is 16.7. The molecule has 0 N–H and O–H groups in total. The minimum atomic E-state index is -0.0122. The van der Waals surface area contributed by atoms with Crippen LogP contribution in [0.5, 0.6) is 0 Å².